The van der Waals surface area contributed by atoms with E-state index < -0.39 is 0 Å². The lowest BCUT2D eigenvalue weighted by atomic mass is 9.84. The number of rotatable bonds is 0. The van der Waals surface area contributed by atoms with Crippen molar-refractivity contribution >= 4 is 16.6 Å². The van der Waals surface area contributed by atoms with E-state index in [2.05, 4.69) is 24.1 Å². The van der Waals surface area contributed by atoms with Crippen LogP contribution < -0.4 is 0 Å². The summed E-state index contributed by atoms with van der Waals surface area (Å²) in [5.41, 5.74) is 11.9. The molecule has 1 aromatic heterocycles. The van der Waals surface area contributed by atoms with Crippen molar-refractivity contribution in [2.24, 2.45) is 0 Å². The maximum atomic E-state index is 14.2. The van der Waals surface area contributed by atoms with Crippen LogP contribution in [0.15, 0.2) is 53.8 Å². The molecule has 1 aromatic carbocycles. The molecule has 0 atom stereocenters. The molecule has 3 heterocycles. The molecule has 0 saturated carbocycles. The maximum Gasteiger partial charge on any atom is 0.125 e. The molecule has 2 aromatic rings. The second-order valence-electron chi connectivity index (χ2n) is 8.22. The first kappa shape index (κ1) is 18.4. The van der Waals surface area contributed by atoms with Gasteiger partial charge in [-0.05, 0) is 72.9 Å². The predicted octanol–water partition coefficient (Wildman–Crippen LogP) is 6.61. The number of fused-ring (bicyclic) bond motifs is 4. The van der Waals surface area contributed by atoms with E-state index in [1.807, 2.05) is 13.8 Å². The number of halogens is 1. The fourth-order valence-electron chi connectivity index (χ4n) is 5.36. The Kier molecular flexibility index (Phi) is 4.23. The maximum absolute atomic E-state index is 14.2. The third-order valence-electron chi connectivity index (χ3n) is 6.61. The van der Waals surface area contributed by atoms with Gasteiger partial charge < -0.3 is 4.90 Å². The third-order valence-corrected chi connectivity index (χ3v) is 6.61. The van der Waals surface area contributed by atoms with Gasteiger partial charge in [-0.1, -0.05) is 32.6 Å². The zero-order valence-electron chi connectivity index (χ0n) is 17.4. The predicted molar refractivity (Wildman–Crippen MR) is 118 cm³/mol. The number of allylic oxidation sites excluding steroid dienone is 4. The van der Waals surface area contributed by atoms with Crippen molar-refractivity contribution in [3.63, 3.8) is 0 Å². The molecule has 29 heavy (non-hydrogen) atoms. The molecule has 0 spiro atoms. The minimum atomic E-state index is -0.178. The van der Waals surface area contributed by atoms with Gasteiger partial charge in [0.2, 0.25) is 0 Å². The Morgan fingerprint density at radius 2 is 1.86 bits per heavy atom. The van der Waals surface area contributed by atoms with Crippen molar-refractivity contribution in [2.75, 3.05) is 0 Å². The minimum absolute atomic E-state index is 0.178. The van der Waals surface area contributed by atoms with Crippen LogP contribution >= 0.6 is 0 Å². The molecule has 0 saturated heterocycles. The number of pyridine rings is 1. The van der Waals surface area contributed by atoms with E-state index in [0.717, 1.165) is 73.2 Å². The molecule has 0 bridgehead atoms. The van der Waals surface area contributed by atoms with Crippen LogP contribution in [0.5, 0.6) is 0 Å². The monoisotopic (exact) mass is 386 g/mol. The highest BCUT2D eigenvalue weighted by molar-refractivity contribution is 5.91. The quantitative estimate of drug-likeness (QED) is 0.474. The molecular weight excluding hydrogens is 359 g/mol. The number of aromatic nitrogens is 1. The van der Waals surface area contributed by atoms with Crippen molar-refractivity contribution in [3.05, 3.63) is 82.0 Å². The van der Waals surface area contributed by atoms with Crippen LogP contribution in [0, 0.1) is 5.82 Å². The molecule has 6 rings (SSSR count). The van der Waals surface area contributed by atoms with Gasteiger partial charge in [0.15, 0.2) is 0 Å². The first-order valence-electron chi connectivity index (χ1n) is 10.8. The standard InChI is InChI=1S/C24H21FN2.C2H6/c1-13-6-7-18-14(2)27-12-20-19-5-3-4-15-9-17(25)11-21(23(15)19)26-24(20)22(27)10-16(18)8-13;1-2/h9-11H,1-8,12H2;1-2H3. The summed E-state index contributed by atoms with van der Waals surface area (Å²) in [6.45, 7) is 13.5. The fourth-order valence-corrected chi connectivity index (χ4v) is 5.36. The Bertz CT molecular complexity index is 1150. The van der Waals surface area contributed by atoms with Gasteiger partial charge in [-0.2, -0.15) is 0 Å². The fraction of sp³-hybridized carbons (Fsp3) is 0.346. The van der Waals surface area contributed by atoms with Crippen LogP contribution in [0.1, 0.15) is 61.9 Å². The first-order chi connectivity index (χ1) is 14.1. The van der Waals surface area contributed by atoms with E-state index in [0.29, 0.717) is 0 Å². The Morgan fingerprint density at radius 3 is 2.69 bits per heavy atom. The van der Waals surface area contributed by atoms with Crippen molar-refractivity contribution in [2.45, 2.75) is 58.9 Å². The lowest BCUT2D eigenvalue weighted by Crippen LogP contribution is -2.22. The summed E-state index contributed by atoms with van der Waals surface area (Å²) in [5, 5.41) is 1.19. The molecule has 0 amide bonds. The highest BCUT2D eigenvalue weighted by atomic mass is 19.1. The van der Waals surface area contributed by atoms with Crippen LogP contribution in [-0.4, -0.2) is 9.88 Å². The normalized spacial score (nSPS) is 19.4. The summed E-state index contributed by atoms with van der Waals surface area (Å²) in [4.78, 5) is 7.28. The Hall–Kier alpha value is -2.68. The highest BCUT2D eigenvalue weighted by Crippen LogP contribution is 2.48. The van der Waals surface area contributed by atoms with E-state index in [1.165, 1.54) is 33.2 Å². The number of aryl methyl sites for hydroxylation is 2. The second-order valence-corrected chi connectivity index (χ2v) is 8.22. The molecule has 0 radical (unpaired) electrons. The second kappa shape index (κ2) is 6.69. The molecule has 0 fully saturated rings. The molecule has 0 unspecified atom stereocenters. The van der Waals surface area contributed by atoms with E-state index in [4.69, 9.17) is 4.98 Å². The largest absolute Gasteiger partial charge is 0.335 e. The first-order valence-corrected chi connectivity index (χ1v) is 10.8. The van der Waals surface area contributed by atoms with Gasteiger partial charge in [0, 0.05) is 22.7 Å². The summed E-state index contributed by atoms with van der Waals surface area (Å²) in [7, 11) is 0. The smallest absolute Gasteiger partial charge is 0.125 e. The lowest BCUT2D eigenvalue weighted by Gasteiger charge is -2.33. The van der Waals surface area contributed by atoms with Crippen molar-refractivity contribution < 1.29 is 4.39 Å². The molecule has 2 nitrogen and oxygen atoms in total. The third kappa shape index (κ3) is 2.63. The van der Waals surface area contributed by atoms with Gasteiger partial charge in [-0.15, -0.1) is 0 Å². The van der Waals surface area contributed by atoms with E-state index in [9.17, 15) is 4.39 Å². The Morgan fingerprint density at radius 1 is 1.03 bits per heavy atom. The zero-order valence-corrected chi connectivity index (χ0v) is 17.4. The van der Waals surface area contributed by atoms with Crippen molar-refractivity contribution in [1.29, 1.82) is 0 Å². The van der Waals surface area contributed by atoms with E-state index >= 15 is 0 Å². The van der Waals surface area contributed by atoms with Gasteiger partial charge in [-0.3, -0.25) is 0 Å². The van der Waals surface area contributed by atoms with Crippen LogP contribution in [0.3, 0.4) is 0 Å². The minimum Gasteiger partial charge on any atom is -0.335 e. The van der Waals surface area contributed by atoms with E-state index in [1.54, 1.807) is 12.1 Å². The Balaban J connectivity index is 0.000000882. The molecule has 4 aliphatic rings. The van der Waals surface area contributed by atoms with E-state index in [-0.39, 0.29) is 5.82 Å². The molecule has 3 heteroatoms. The molecule has 0 N–H and O–H groups in total. The Labute approximate surface area is 172 Å². The lowest BCUT2D eigenvalue weighted by molar-refractivity contribution is 0.500. The van der Waals surface area contributed by atoms with Gasteiger partial charge in [0.05, 0.1) is 23.5 Å². The van der Waals surface area contributed by atoms with Crippen LogP contribution in [0.25, 0.3) is 16.6 Å². The van der Waals surface area contributed by atoms with Crippen LogP contribution in [-0.2, 0) is 19.4 Å². The van der Waals surface area contributed by atoms with Gasteiger partial charge >= 0.3 is 0 Å². The number of nitrogens with zero attached hydrogens (tertiary/aromatic N) is 2. The molecule has 2 aliphatic heterocycles. The number of hydrogen-bond acceptors (Lipinski definition) is 2. The topological polar surface area (TPSA) is 16.1 Å². The molecule has 2 aliphatic carbocycles. The summed E-state index contributed by atoms with van der Waals surface area (Å²) in [6, 6.07) is 3.30. The molecule has 148 valence electrons. The van der Waals surface area contributed by atoms with Crippen molar-refractivity contribution in [3.8, 4) is 0 Å². The van der Waals surface area contributed by atoms with Gasteiger partial charge in [0.1, 0.15) is 5.82 Å². The summed E-state index contributed by atoms with van der Waals surface area (Å²) in [5.74, 6) is -0.178. The number of benzene rings is 1. The average Bonchev–Trinajstić information content (AvgIpc) is 3.08. The average molecular weight is 387 g/mol. The summed E-state index contributed by atoms with van der Waals surface area (Å²) >= 11 is 0. The zero-order chi connectivity index (χ0) is 20.3. The van der Waals surface area contributed by atoms with Crippen molar-refractivity contribution in [1.82, 2.24) is 9.88 Å². The number of hydrogen-bond donors (Lipinski definition) is 0. The summed E-state index contributed by atoms with van der Waals surface area (Å²) in [6.07, 6.45) is 8.38. The van der Waals surface area contributed by atoms with Crippen LogP contribution in [0.4, 0.5) is 4.39 Å². The van der Waals surface area contributed by atoms with Gasteiger partial charge in [-0.25, -0.2) is 9.37 Å². The van der Waals surface area contributed by atoms with Gasteiger partial charge in [0.25, 0.3) is 0 Å². The van der Waals surface area contributed by atoms with Crippen LogP contribution in [0.2, 0.25) is 0 Å². The summed E-state index contributed by atoms with van der Waals surface area (Å²) < 4.78 is 14.2. The molecular formula is C26H27FN2. The highest BCUT2D eigenvalue weighted by Gasteiger charge is 2.36. The SMILES string of the molecule is C=C1CCC2=C(C=C3c4nc5cc(F)cc6c5c(c4CN3C2=C)CCC6)C1.CC.